The molecule has 0 bridgehead atoms. The molecule has 3 aromatic carbocycles. The lowest BCUT2D eigenvalue weighted by Crippen LogP contribution is -2.42. The number of carboxylic acid groups (broad SMARTS) is 1. The number of carbonyl (C=O) groups is 2. The molecule has 8 nitrogen and oxygen atoms in total. The second kappa shape index (κ2) is 12.3. The molecule has 4 aromatic rings. The summed E-state index contributed by atoms with van der Waals surface area (Å²) in [6.07, 6.45) is -0.739. The van der Waals surface area contributed by atoms with Crippen LogP contribution < -0.4 is 10.3 Å². The molecule has 41 heavy (non-hydrogen) atoms. The van der Waals surface area contributed by atoms with Gasteiger partial charge < -0.3 is 24.5 Å². The van der Waals surface area contributed by atoms with Crippen molar-refractivity contribution in [1.82, 2.24) is 9.88 Å². The lowest BCUT2D eigenvalue weighted by molar-refractivity contribution is -0.147. The number of aryl methyl sites for hydroxylation is 2. The zero-order valence-electron chi connectivity index (χ0n) is 23.3. The molecule has 1 atom stereocenters. The number of hydrogen-bond donors (Lipinski definition) is 2. The van der Waals surface area contributed by atoms with Gasteiger partial charge in [-0.15, -0.1) is 0 Å². The number of fused-ring (bicyclic) bond motifs is 1. The van der Waals surface area contributed by atoms with Crippen molar-refractivity contribution in [2.75, 3.05) is 13.1 Å². The number of piperidine rings is 1. The number of aliphatic carboxylic acids is 1. The van der Waals surface area contributed by atoms with Crippen LogP contribution in [0.5, 0.6) is 5.75 Å². The third-order valence-electron chi connectivity index (χ3n) is 7.66. The molecule has 0 saturated carbocycles. The van der Waals surface area contributed by atoms with Crippen molar-refractivity contribution in [1.29, 1.82) is 0 Å². The van der Waals surface area contributed by atoms with Crippen molar-refractivity contribution in [3.63, 3.8) is 0 Å². The van der Waals surface area contributed by atoms with E-state index >= 15 is 0 Å². The second-order valence-corrected chi connectivity index (χ2v) is 10.7. The van der Waals surface area contributed by atoms with Gasteiger partial charge in [-0.2, -0.15) is 0 Å². The fourth-order valence-corrected chi connectivity index (χ4v) is 5.55. The molecule has 1 aliphatic rings. The fourth-order valence-electron chi connectivity index (χ4n) is 5.55. The van der Waals surface area contributed by atoms with Gasteiger partial charge >= 0.3 is 12.1 Å². The van der Waals surface area contributed by atoms with E-state index in [1.54, 1.807) is 0 Å². The molecule has 2 heterocycles. The van der Waals surface area contributed by atoms with Crippen molar-refractivity contribution >= 4 is 23.0 Å². The van der Waals surface area contributed by atoms with E-state index in [0.29, 0.717) is 38.1 Å². The molecular formula is C33H34N2O6. The molecule has 1 amide bonds. The Bertz CT molecular complexity index is 1580. The van der Waals surface area contributed by atoms with Gasteiger partial charge in [0.1, 0.15) is 12.4 Å². The quantitative estimate of drug-likeness (QED) is 0.288. The topological polar surface area (TPSA) is 109 Å². The van der Waals surface area contributed by atoms with Crippen LogP contribution in [0.15, 0.2) is 77.6 Å². The molecule has 212 valence electrons. The molecule has 0 aliphatic carbocycles. The number of aromatic amines is 1. The Morgan fingerprint density at radius 1 is 0.951 bits per heavy atom. The zero-order chi connectivity index (χ0) is 28.9. The third-order valence-corrected chi connectivity index (χ3v) is 7.66. The highest BCUT2D eigenvalue weighted by Gasteiger charge is 2.30. The van der Waals surface area contributed by atoms with E-state index in [2.05, 4.69) is 4.98 Å². The maximum Gasteiger partial charge on any atom is 0.410 e. The predicted molar refractivity (Wildman–Crippen MR) is 156 cm³/mol. The molecule has 8 heteroatoms. The summed E-state index contributed by atoms with van der Waals surface area (Å²) in [5.41, 5.74) is 4.97. The van der Waals surface area contributed by atoms with Crippen LogP contribution >= 0.6 is 0 Å². The number of nitrogens with zero attached hydrogens (tertiary/aromatic N) is 1. The van der Waals surface area contributed by atoms with E-state index in [9.17, 15) is 19.5 Å². The second-order valence-electron chi connectivity index (χ2n) is 10.7. The van der Waals surface area contributed by atoms with Crippen LogP contribution in [0.3, 0.4) is 0 Å². The van der Waals surface area contributed by atoms with Crippen molar-refractivity contribution < 1.29 is 24.2 Å². The highest BCUT2D eigenvalue weighted by Crippen LogP contribution is 2.29. The van der Waals surface area contributed by atoms with Crippen molar-refractivity contribution in [3.05, 3.63) is 111 Å². The maximum absolute atomic E-state index is 12.9. The highest BCUT2D eigenvalue weighted by atomic mass is 16.6. The molecule has 5 rings (SSSR count). The summed E-state index contributed by atoms with van der Waals surface area (Å²) in [6, 6.07) is 23.2. The smallest absolute Gasteiger partial charge is 0.410 e. The van der Waals surface area contributed by atoms with E-state index < -0.39 is 18.2 Å². The number of carbonyl (C=O) groups excluding carboxylic acids is 1. The van der Waals surface area contributed by atoms with Gasteiger partial charge in [0.15, 0.2) is 0 Å². The van der Waals surface area contributed by atoms with Gasteiger partial charge in [-0.05, 0) is 72.4 Å². The summed E-state index contributed by atoms with van der Waals surface area (Å²) in [6.45, 7) is 5.04. The summed E-state index contributed by atoms with van der Waals surface area (Å²) in [7, 11) is 0. The van der Waals surface area contributed by atoms with E-state index in [-0.39, 0.29) is 17.9 Å². The third kappa shape index (κ3) is 6.60. The van der Waals surface area contributed by atoms with Gasteiger partial charge in [0.05, 0.1) is 0 Å². The minimum atomic E-state index is -1.32. The molecule has 1 aromatic heterocycles. The van der Waals surface area contributed by atoms with Gasteiger partial charge in [-0.1, -0.05) is 60.7 Å². The van der Waals surface area contributed by atoms with Gasteiger partial charge in [0.25, 0.3) is 5.56 Å². The summed E-state index contributed by atoms with van der Waals surface area (Å²) < 4.78 is 11.5. The fraction of sp³-hybridized carbons (Fsp3) is 0.303. The van der Waals surface area contributed by atoms with Crippen LogP contribution in [0.1, 0.15) is 46.6 Å². The Morgan fingerprint density at radius 2 is 1.61 bits per heavy atom. The molecule has 1 fully saturated rings. The Balaban J connectivity index is 1.19. The van der Waals surface area contributed by atoms with E-state index in [1.165, 1.54) is 4.90 Å². The largest absolute Gasteiger partial charge is 0.488 e. The molecule has 2 N–H and O–H groups in total. The van der Waals surface area contributed by atoms with Crippen LogP contribution in [0.25, 0.3) is 10.9 Å². The number of benzene rings is 3. The number of likely N-dealkylation sites (tertiary alicyclic amines) is 1. The van der Waals surface area contributed by atoms with Crippen molar-refractivity contribution in [2.45, 2.75) is 51.7 Å². The SMILES string of the molecule is Cc1cc(CC(OC(=O)N2CCC(c3cc4ccccc4[nH]c3=O)CC2)C(=O)O)cc(C)c1OCc1ccccc1. The van der Waals surface area contributed by atoms with Crippen molar-refractivity contribution in [3.8, 4) is 5.75 Å². The Labute approximate surface area is 238 Å². The van der Waals surface area contributed by atoms with Crippen LogP contribution in [0, 0.1) is 13.8 Å². The monoisotopic (exact) mass is 554 g/mol. The number of hydrogen-bond acceptors (Lipinski definition) is 5. The number of para-hydroxylation sites is 1. The number of nitrogens with one attached hydrogen (secondary N) is 1. The average molecular weight is 555 g/mol. The normalized spacial score (nSPS) is 14.5. The van der Waals surface area contributed by atoms with Crippen LogP contribution in [-0.4, -0.2) is 46.2 Å². The minimum absolute atomic E-state index is 0.0104. The van der Waals surface area contributed by atoms with Gasteiger partial charge in [0.2, 0.25) is 6.10 Å². The lowest BCUT2D eigenvalue weighted by Gasteiger charge is -2.32. The minimum Gasteiger partial charge on any atom is -0.488 e. The average Bonchev–Trinajstić information content (AvgIpc) is 2.96. The summed E-state index contributed by atoms with van der Waals surface area (Å²) in [5, 5.41) is 10.8. The number of pyridine rings is 1. The first-order valence-electron chi connectivity index (χ1n) is 13.9. The van der Waals surface area contributed by atoms with Gasteiger partial charge in [-0.25, -0.2) is 9.59 Å². The first-order chi connectivity index (χ1) is 19.8. The summed E-state index contributed by atoms with van der Waals surface area (Å²) in [5.74, 6) is -0.429. The van der Waals surface area contributed by atoms with Crippen LogP contribution in [-0.2, 0) is 22.6 Å². The summed E-state index contributed by atoms with van der Waals surface area (Å²) in [4.78, 5) is 42.1. The molecule has 1 unspecified atom stereocenters. The number of aromatic nitrogens is 1. The maximum atomic E-state index is 12.9. The van der Waals surface area contributed by atoms with Gasteiger partial charge in [0, 0.05) is 30.6 Å². The molecule has 1 aliphatic heterocycles. The summed E-state index contributed by atoms with van der Waals surface area (Å²) >= 11 is 0. The van der Waals surface area contributed by atoms with Crippen molar-refractivity contribution in [2.24, 2.45) is 0 Å². The van der Waals surface area contributed by atoms with E-state index in [1.807, 2.05) is 86.6 Å². The molecule has 1 saturated heterocycles. The van der Waals surface area contributed by atoms with Crippen LogP contribution in [0.4, 0.5) is 4.79 Å². The first kappa shape index (κ1) is 28.0. The van der Waals surface area contributed by atoms with Gasteiger partial charge in [-0.3, -0.25) is 4.79 Å². The highest BCUT2D eigenvalue weighted by molar-refractivity contribution is 5.79. The van der Waals surface area contributed by atoms with Crippen LogP contribution in [0.2, 0.25) is 0 Å². The number of ether oxygens (including phenoxy) is 2. The number of amides is 1. The number of carboxylic acids is 1. The Kier molecular flexibility index (Phi) is 8.38. The molecular weight excluding hydrogens is 520 g/mol. The predicted octanol–water partition coefficient (Wildman–Crippen LogP) is 5.74. The Morgan fingerprint density at radius 3 is 2.29 bits per heavy atom. The first-order valence-corrected chi connectivity index (χ1v) is 13.9. The number of rotatable bonds is 8. The standard InChI is InChI=1S/C33H34N2O6/c1-21-16-24(17-22(2)30(21)40-20-23-8-4-3-5-9-23)18-29(32(37)38)41-33(39)35-14-12-25(13-15-35)27-19-26-10-6-7-11-28(26)34-31(27)36/h3-11,16-17,19,25,29H,12-15,18,20H2,1-2H3,(H,34,36)(H,37,38). The number of H-pyrrole nitrogens is 1. The molecule has 0 radical (unpaired) electrons. The van der Waals surface area contributed by atoms with E-state index in [4.69, 9.17) is 9.47 Å². The Hall–Kier alpha value is -4.59. The van der Waals surface area contributed by atoms with E-state index in [0.717, 1.165) is 38.9 Å². The zero-order valence-corrected chi connectivity index (χ0v) is 23.3. The lowest BCUT2D eigenvalue weighted by atomic mass is 9.89. The molecule has 0 spiro atoms.